The zero-order chi connectivity index (χ0) is 35.7. The molecule has 1 heterocycles. The van der Waals surface area contributed by atoms with Crippen molar-refractivity contribution in [2.45, 2.75) is 10.1 Å². The van der Waals surface area contributed by atoms with Crippen molar-refractivity contribution in [1.29, 1.82) is 0 Å². The van der Waals surface area contributed by atoms with Crippen LogP contribution in [-0.4, -0.2) is 22.7 Å². The Balaban J connectivity index is 1.17. The van der Waals surface area contributed by atoms with Gasteiger partial charge in [0.1, 0.15) is 10.9 Å². The molecule has 5 aromatic carbocycles. The van der Waals surface area contributed by atoms with Gasteiger partial charge in [0.2, 0.25) is 5.91 Å². The van der Waals surface area contributed by atoms with Crippen LogP contribution in [0.1, 0.15) is 26.7 Å². The highest BCUT2D eigenvalue weighted by Gasteiger charge is 2.24. The Bertz CT molecular complexity index is 2210. The van der Waals surface area contributed by atoms with Gasteiger partial charge in [0.15, 0.2) is 5.13 Å². The summed E-state index contributed by atoms with van der Waals surface area (Å²) in [4.78, 5) is 45.6. The lowest BCUT2D eigenvalue weighted by molar-refractivity contribution is -0.116. The summed E-state index contributed by atoms with van der Waals surface area (Å²) in [5.74, 6) is -1.23. The Kier molecular flexibility index (Phi) is 11.9. The lowest BCUT2D eigenvalue weighted by Gasteiger charge is -2.17. The van der Waals surface area contributed by atoms with E-state index in [1.54, 1.807) is 84.9 Å². The normalized spacial score (nSPS) is 11.8. The molecule has 6 aromatic rings. The molecule has 0 spiro atoms. The molecule has 6 rings (SSSR count). The van der Waals surface area contributed by atoms with Crippen molar-refractivity contribution < 1.29 is 14.4 Å². The van der Waals surface area contributed by atoms with Crippen LogP contribution in [0.5, 0.6) is 0 Å². The van der Waals surface area contributed by atoms with Gasteiger partial charge in [0, 0.05) is 37.1 Å². The Morgan fingerprint density at radius 3 is 2.14 bits per heavy atom. The number of hydrogen-bond acceptors (Lipinski definition) is 6. The first-order valence-electron chi connectivity index (χ1n) is 15.4. The molecule has 1 aromatic heterocycles. The summed E-state index contributed by atoms with van der Waals surface area (Å²) in [6.45, 7) is 0. The largest absolute Gasteiger partial charge is 0.321 e. The molecular weight excluding hydrogens is 743 g/mol. The van der Waals surface area contributed by atoms with Gasteiger partial charge in [-0.3, -0.25) is 14.4 Å². The maximum Gasteiger partial charge on any atom is 0.272 e. The minimum absolute atomic E-state index is 0.0138. The second-order valence-electron chi connectivity index (χ2n) is 10.9. The summed E-state index contributed by atoms with van der Waals surface area (Å²) in [7, 11) is 0. The molecule has 0 fully saturated rings. The SMILES string of the molecule is O=C(Nc1ccc(SC(C(=O)Nc2nc(-c3ccc(Cl)cc3Cl)cs2)c2ccccc2)cc1)/C(=C/c1ccccc1Cl)NC(=O)c1ccccc1. The molecule has 0 saturated heterocycles. The number of nitrogens with one attached hydrogen (secondary N) is 3. The number of rotatable bonds is 11. The number of carbonyl (C=O) groups excluding carboxylic acids is 3. The number of halogens is 3. The number of hydrogen-bond donors (Lipinski definition) is 3. The van der Waals surface area contributed by atoms with Gasteiger partial charge in [-0.2, -0.15) is 0 Å². The Labute approximate surface area is 317 Å². The second-order valence-corrected chi connectivity index (χ2v) is 14.2. The predicted molar refractivity (Wildman–Crippen MR) is 210 cm³/mol. The van der Waals surface area contributed by atoms with E-state index in [-0.39, 0.29) is 11.6 Å². The van der Waals surface area contributed by atoms with Gasteiger partial charge in [0.05, 0.1) is 10.7 Å². The van der Waals surface area contributed by atoms with Gasteiger partial charge >= 0.3 is 0 Å². The molecule has 1 unspecified atom stereocenters. The fraction of sp³-hybridized carbons (Fsp3) is 0.0256. The first-order chi connectivity index (χ1) is 24.7. The summed E-state index contributed by atoms with van der Waals surface area (Å²) >= 11 is 21.4. The standard InChI is InChI=1S/C39H27Cl3N4O3S2/c40-27-15-20-30(32(42)22-27)34-23-50-39(45-34)46-38(49)35(24-9-3-1-4-10-24)51-29-18-16-28(17-19-29)43-37(48)33(21-26-13-7-8-14-31(26)41)44-36(47)25-11-5-2-6-12-25/h1-23,35H,(H,43,48)(H,44,47)(H,45,46,49)/b33-21-. The van der Waals surface area contributed by atoms with Crippen molar-refractivity contribution in [3.05, 3.63) is 170 Å². The van der Waals surface area contributed by atoms with E-state index in [0.717, 1.165) is 10.5 Å². The average molecular weight is 770 g/mol. The third-order valence-corrected chi connectivity index (χ3v) is 10.3. The van der Waals surface area contributed by atoms with E-state index in [4.69, 9.17) is 34.8 Å². The number of anilines is 2. The van der Waals surface area contributed by atoms with Crippen LogP contribution in [0, 0.1) is 0 Å². The maximum atomic E-state index is 13.7. The van der Waals surface area contributed by atoms with Crippen LogP contribution in [0.2, 0.25) is 15.1 Å². The second kappa shape index (κ2) is 16.9. The van der Waals surface area contributed by atoms with Crippen molar-refractivity contribution in [2.24, 2.45) is 0 Å². The quantitative estimate of drug-likeness (QED) is 0.0900. The number of aromatic nitrogens is 1. The molecule has 0 radical (unpaired) electrons. The highest BCUT2D eigenvalue weighted by atomic mass is 35.5. The minimum atomic E-state index is -0.614. The number of benzene rings is 5. The van der Waals surface area contributed by atoms with Crippen LogP contribution < -0.4 is 16.0 Å². The summed E-state index contributed by atoms with van der Waals surface area (Å²) in [5, 5.41) is 11.6. The number of carbonyl (C=O) groups is 3. The van der Waals surface area contributed by atoms with Crippen molar-refractivity contribution >= 4 is 92.5 Å². The molecule has 3 N–H and O–H groups in total. The fourth-order valence-corrected chi connectivity index (χ4v) is 7.30. The predicted octanol–water partition coefficient (Wildman–Crippen LogP) is 10.7. The van der Waals surface area contributed by atoms with Crippen molar-refractivity contribution in [3.8, 4) is 11.3 Å². The monoisotopic (exact) mass is 768 g/mol. The van der Waals surface area contributed by atoms with E-state index in [0.29, 0.717) is 48.3 Å². The van der Waals surface area contributed by atoms with Gasteiger partial charge < -0.3 is 16.0 Å². The third kappa shape index (κ3) is 9.46. The highest BCUT2D eigenvalue weighted by molar-refractivity contribution is 8.00. The maximum absolute atomic E-state index is 13.7. The number of thiazole rings is 1. The van der Waals surface area contributed by atoms with Crippen LogP contribution in [-0.2, 0) is 9.59 Å². The molecule has 51 heavy (non-hydrogen) atoms. The lowest BCUT2D eigenvalue weighted by Crippen LogP contribution is -2.30. The van der Waals surface area contributed by atoms with E-state index in [1.165, 1.54) is 29.2 Å². The summed E-state index contributed by atoms with van der Waals surface area (Å²) in [5.41, 5.74) is 3.61. The molecule has 0 aliphatic rings. The van der Waals surface area contributed by atoms with Crippen molar-refractivity contribution in [2.75, 3.05) is 10.6 Å². The fourth-order valence-electron chi connectivity index (χ4n) is 4.87. The summed E-state index contributed by atoms with van der Waals surface area (Å²) < 4.78 is 0. The van der Waals surface area contributed by atoms with Crippen LogP contribution in [0.15, 0.2) is 143 Å². The first-order valence-corrected chi connectivity index (χ1v) is 18.3. The Hall–Kier alpha value is -4.90. The molecule has 0 aliphatic heterocycles. The van der Waals surface area contributed by atoms with E-state index in [1.807, 2.05) is 47.8 Å². The molecule has 0 bridgehead atoms. The summed E-state index contributed by atoms with van der Waals surface area (Å²) in [6, 6.07) is 37.3. The van der Waals surface area contributed by atoms with Crippen LogP contribution >= 0.6 is 57.9 Å². The molecular formula is C39H27Cl3N4O3S2. The molecule has 3 amide bonds. The molecule has 12 heteroatoms. The number of thioether (sulfide) groups is 1. The van der Waals surface area contributed by atoms with Gasteiger partial charge in [-0.25, -0.2) is 4.98 Å². The van der Waals surface area contributed by atoms with E-state index in [9.17, 15) is 14.4 Å². The highest BCUT2D eigenvalue weighted by Crippen LogP contribution is 2.38. The Morgan fingerprint density at radius 1 is 0.745 bits per heavy atom. The van der Waals surface area contributed by atoms with Crippen LogP contribution in [0.4, 0.5) is 10.8 Å². The van der Waals surface area contributed by atoms with Crippen LogP contribution in [0.25, 0.3) is 17.3 Å². The Morgan fingerprint density at radius 2 is 1.43 bits per heavy atom. The van der Waals surface area contributed by atoms with Gasteiger partial charge in [0.25, 0.3) is 11.8 Å². The van der Waals surface area contributed by atoms with Gasteiger partial charge in [-0.15, -0.1) is 23.1 Å². The first kappa shape index (κ1) is 35.9. The van der Waals surface area contributed by atoms with E-state index >= 15 is 0 Å². The molecule has 254 valence electrons. The average Bonchev–Trinajstić information content (AvgIpc) is 3.60. The molecule has 7 nitrogen and oxygen atoms in total. The van der Waals surface area contributed by atoms with Crippen LogP contribution in [0.3, 0.4) is 0 Å². The van der Waals surface area contributed by atoms with Crippen molar-refractivity contribution in [1.82, 2.24) is 10.3 Å². The van der Waals surface area contributed by atoms with E-state index < -0.39 is 17.1 Å². The number of amides is 3. The van der Waals surface area contributed by atoms with Crippen molar-refractivity contribution in [3.63, 3.8) is 0 Å². The minimum Gasteiger partial charge on any atom is -0.321 e. The zero-order valence-corrected chi connectivity index (χ0v) is 30.4. The molecule has 1 atom stereocenters. The topological polar surface area (TPSA) is 100 Å². The van der Waals surface area contributed by atoms with Gasteiger partial charge in [-0.05, 0) is 77.9 Å². The molecule has 0 saturated carbocycles. The van der Waals surface area contributed by atoms with Gasteiger partial charge in [-0.1, -0.05) is 102 Å². The zero-order valence-electron chi connectivity index (χ0n) is 26.5. The number of nitrogens with zero attached hydrogens (tertiary/aromatic N) is 1. The third-order valence-electron chi connectivity index (χ3n) is 7.38. The summed E-state index contributed by atoms with van der Waals surface area (Å²) in [6.07, 6.45) is 1.53. The van der Waals surface area contributed by atoms with E-state index in [2.05, 4.69) is 20.9 Å². The molecule has 0 aliphatic carbocycles. The lowest BCUT2D eigenvalue weighted by atomic mass is 10.1. The smallest absolute Gasteiger partial charge is 0.272 e.